The molecule has 20 heavy (non-hydrogen) atoms. The fourth-order valence-electron chi connectivity index (χ4n) is 2.63. The van der Waals surface area contributed by atoms with Crippen molar-refractivity contribution in [2.24, 2.45) is 10.7 Å². The van der Waals surface area contributed by atoms with Crippen molar-refractivity contribution in [1.82, 2.24) is 0 Å². The normalized spacial score (nSPS) is 18.4. The Balaban J connectivity index is 2.00. The van der Waals surface area contributed by atoms with Crippen molar-refractivity contribution < 1.29 is 0 Å². The summed E-state index contributed by atoms with van der Waals surface area (Å²) in [6.45, 7) is 4.99. The molecule has 3 rings (SSSR count). The van der Waals surface area contributed by atoms with Gasteiger partial charge in [-0.2, -0.15) is 0 Å². The van der Waals surface area contributed by atoms with Crippen LogP contribution in [-0.2, 0) is 0 Å². The molecule has 0 spiro atoms. The summed E-state index contributed by atoms with van der Waals surface area (Å²) in [5, 5.41) is 0.725. The van der Waals surface area contributed by atoms with Crippen molar-refractivity contribution in [2.75, 3.05) is 11.4 Å². The van der Waals surface area contributed by atoms with E-state index in [0.29, 0.717) is 12.5 Å². The van der Waals surface area contributed by atoms with E-state index in [1.54, 1.807) is 0 Å². The molecule has 3 nitrogen and oxygen atoms in total. The molecule has 1 aliphatic heterocycles. The maximum absolute atomic E-state index is 6.08. The first kappa shape index (κ1) is 13.5. The minimum atomic E-state index is 0.182. The van der Waals surface area contributed by atoms with E-state index in [0.717, 1.165) is 10.7 Å². The Morgan fingerprint density at radius 3 is 2.60 bits per heavy atom. The summed E-state index contributed by atoms with van der Waals surface area (Å²) >= 11 is 7.78. The number of nitrogens with zero attached hydrogens (tertiary/aromatic N) is 2. The number of guanidine groups is 1. The van der Waals surface area contributed by atoms with Gasteiger partial charge in [-0.3, -0.25) is 4.99 Å². The van der Waals surface area contributed by atoms with Crippen molar-refractivity contribution in [2.45, 2.75) is 19.9 Å². The second kappa shape index (κ2) is 5.11. The van der Waals surface area contributed by atoms with Crippen LogP contribution in [0.15, 0.2) is 35.3 Å². The third-order valence-corrected chi connectivity index (χ3v) is 4.76. The second-order valence-corrected chi connectivity index (χ2v) is 6.83. The van der Waals surface area contributed by atoms with Gasteiger partial charge in [0, 0.05) is 20.5 Å². The molecule has 0 fully saturated rings. The van der Waals surface area contributed by atoms with Gasteiger partial charge in [-0.05, 0) is 49.7 Å². The van der Waals surface area contributed by atoms with Crippen LogP contribution in [0, 0.1) is 13.8 Å². The molecule has 1 atom stereocenters. The standard InChI is InChI=1S/C15H16ClN3S/c1-9-7-13(10(2)20-9)14-8-18-15(17)19(14)12-5-3-11(16)4-6-12/h3-7,14H,8H2,1-2H3,(H2,17,18). The van der Waals surface area contributed by atoms with Gasteiger partial charge in [-0.1, -0.05) is 11.6 Å². The monoisotopic (exact) mass is 305 g/mol. The number of aliphatic imine (C=N–C) groups is 1. The maximum atomic E-state index is 6.08. The highest BCUT2D eigenvalue weighted by Gasteiger charge is 2.30. The van der Waals surface area contributed by atoms with Crippen LogP contribution >= 0.6 is 22.9 Å². The van der Waals surface area contributed by atoms with E-state index >= 15 is 0 Å². The van der Waals surface area contributed by atoms with E-state index in [9.17, 15) is 0 Å². The summed E-state index contributed by atoms with van der Waals surface area (Å²) < 4.78 is 0. The minimum absolute atomic E-state index is 0.182. The fraction of sp³-hybridized carbons (Fsp3) is 0.267. The van der Waals surface area contributed by atoms with Crippen LogP contribution in [0.4, 0.5) is 5.69 Å². The molecule has 1 aromatic heterocycles. The number of benzene rings is 1. The summed E-state index contributed by atoms with van der Waals surface area (Å²) in [6, 6.07) is 10.1. The van der Waals surface area contributed by atoms with Crippen LogP contribution < -0.4 is 10.6 Å². The number of anilines is 1. The molecule has 0 bridgehead atoms. The lowest BCUT2D eigenvalue weighted by Gasteiger charge is -2.26. The lowest BCUT2D eigenvalue weighted by molar-refractivity contribution is 0.767. The first-order valence-electron chi connectivity index (χ1n) is 6.48. The molecular weight excluding hydrogens is 290 g/mol. The van der Waals surface area contributed by atoms with E-state index in [1.807, 2.05) is 35.6 Å². The molecular formula is C15H16ClN3S. The quantitative estimate of drug-likeness (QED) is 0.914. The zero-order valence-electron chi connectivity index (χ0n) is 11.4. The molecule has 1 unspecified atom stereocenters. The van der Waals surface area contributed by atoms with Gasteiger partial charge < -0.3 is 10.6 Å². The van der Waals surface area contributed by atoms with Gasteiger partial charge >= 0.3 is 0 Å². The molecule has 1 aliphatic rings. The molecule has 5 heteroatoms. The average molecular weight is 306 g/mol. The van der Waals surface area contributed by atoms with Crippen LogP contribution in [-0.4, -0.2) is 12.5 Å². The van der Waals surface area contributed by atoms with Crippen molar-refractivity contribution in [3.05, 3.63) is 50.7 Å². The zero-order chi connectivity index (χ0) is 14.3. The molecule has 0 radical (unpaired) electrons. The van der Waals surface area contributed by atoms with Crippen LogP contribution in [0.1, 0.15) is 21.4 Å². The van der Waals surface area contributed by atoms with E-state index < -0.39 is 0 Å². The summed E-state index contributed by atoms with van der Waals surface area (Å²) in [7, 11) is 0. The molecule has 2 heterocycles. The van der Waals surface area contributed by atoms with Crippen LogP contribution in [0.5, 0.6) is 0 Å². The predicted octanol–water partition coefficient (Wildman–Crippen LogP) is 3.89. The number of aryl methyl sites for hydroxylation is 2. The van der Waals surface area contributed by atoms with Gasteiger partial charge in [0.1, 0.15) is 0 Å². The molecule has 1 aromatic carbocycles. The first-order chi connectivity index (χ1) is 9.56. The second-order valence-electron chi connectivity index (χ2n) is 4.93. The highest BCUT2D eigenvalue weighted by Crippen LogP contribution is 2.36. The smallest absolute Gasteiger partial charge is 0.196 e. The zero-order valence-corrected chi connectivity index (χ0v) is 13.0. The Hall–Kier alpha value is -1.52. The van der Waals surface area contributed by atoms with Crippen molar-refractivity contribution in [1.29, 1.82) is 0 Å². The van der Waals surface area contributed by atoms with E-state index in [2.05, 4.69) is 29.8 Å². The van der Waals surface area contributed by atoms with Crippen molar-refractivity contribution in [3.8, 4) is 0 Å². The highest BCUT2D eigenvalue weighted by molar-refractivity contribution is 7.12. The molecule has 2 aromatic rings. The number of hydrogen-bond acceptors (Lipinski definition) is 4. The van der Waals surface area contributed by atoms with E-state index in [-0.39, 0.29) is 6.04 Å². The number of thiophene rings is 1. The molecule has 104 valence electrons. The summed E-state index contributed by atoms with van der Waals surface area (Å²) in [4.78, 5) is 9.15. The molecule has 0 saturated heterocycles. The molecule has 0 saturated carbocycles. The highest BCUT2D eigenvalue weighted by atomic mass is 35.5. The Morgan fingerprint density at radius 1 is 1.30 bits per heavy atom. The molecule has 2 N–H and O–H groups in total. The van der Waals surface area contributed by atoms with Gasteiger partial charge in [0.15, 0.2) is 5.96 Å². The summed E-state index contributed by atoms with van der Waals surface area (Å²) in [6.07, 6.45) is 0. The Kier molecular flexibility index (Phi) is 3.44. The van der Waals surface area contributed by atoms with Crippen molar-refractivity contribution >= 4 is 34.6 Å². The minimum Gasteiger partial charge on any atom is -0.369 e. The average Bonchev–Trinajstić information content (AvgIpc) is 2.93. The maximum Gasteiger partial charge on any atom is 0.196 e. The van der Waals surface area contributed by atoms with Gasteiger partial charge in [-0.15, -0.1) is 11.3 Å². The molecule has 0 aliphatic carbocycles. The number of halogens is 1. The summed E-state index contributed by atoms with van der Waals surface area (Å²) in [5.74, 6) is 0.570. The van der Waals surface area contributed by atoms with Gasteiger partial charge in [-0.25, -0.2) is 0 Å². The van der Waals surface area contributed by atoms with Gasteiger partial charge in [0.05, 0.1) is 12.6 Å². The fourth-order valence-corrected chi connectivity index (χ4v) is 3.74. The predicted molar refractivity (Wildman–Crippen MR) is 87.0 cm³/mol. The van der Waals surface area contributed by atoms with Crippen LogP contribution in [0.2, 0.25) is 5.02 Å². The van der Waals surface area contributed by atoms with Crippen LogP contribution in [0.25, 0.3) is 0 Å². The number of rotatable bonds is 2. The third kappa shape index (κ3) is 2.30. The Bertz CT molecular complexity index is 660. The van der Waals surface area contributed by atoms with Gasteiger partial charge in [0.25, 0.3) is 0 Å². The first-order valence-corrected chi connectivity index (χ1v) is 7.67. The van der Waals surface area contributed by atoms with E-state index in [1.165, 1.54) is 15.3 Å². The van der Waals surface area contributed by atoms with Crippen molar-refractivity contribution in [3.63, 3.8) is 0 Å². The number of hydrogen-bond donors (Lipinski definition) is 1. The van der Waals surface area contributed by atoms with Crippen LogP contribution in [0.3, 0.4) is 0 Å². The topological polar surface area (TPSA) is 41.6 Å². The lowest BCUT2D eigenvalue weighted by Crippen LogP contribution is -2.36. The third-order valence-electron chi connectivity index (χ3n) is 3.53. The molecule has 0 amide bonds. The van der Waals surface area contributed by atoms with Gasteiger partial charge in [0.2, 0.25) is 0 Å². The lowest BCUT2D eigenvalue weighted by atomic mass is 10.1. The Labute approximate surface area is 127 Å². The summed E-state index contributed by atoms with van der Waals surface area (Å²) in [5.41, 5.74) is 8.42. The Morgan fingerprint density at radius 2 is 2.00 bits per heavy atom. The largest absolute Gasteiger partial charge is 0.369 e. The number of nitrogens with two attached hydrogens (primary N) is 1. The van der Waals surface area contributed by atoms with E-state index in [4.69, 9.17) is 17.3 Å². The SMILES string of the molecule is Cc1cc(C2CN=C(N)N2c2ccc(Cl)cc2)c(C)s1.